The first-order valence-corrected chi connectivity index (χ1v) is 14.8. The molecule has 3 aromatic carbocycles. The quantitative estimate of drug-likeness (QED) is 0.187. The molecule has 45 heavy (non-hydrogen) atoms. The van der Waals surface area contributed by atoms with Crippen LogP contribution in [0.2, 0.25) is 5.02 Å². The van der Waals surface area contributed by atoms with Gasteiger partial charge in [0.15, 0.2) is 11.5 Å². The van der Waals surface area contributed by atoms with Crippen molar-refractivity contribution in [1.29, 1.82) is 0 Å². The van der Waals surface area contributed by atoms with Crippen LogP contribution in [-0.2, 0) is 25.6 Å². The number of esters is 1. The summed E-state index contributed by atoms with van der Waals surface area (Å²) >= 11 is 6.67. The predicted molar refractivity (Wildman–Crippen MR) is 167 cm³/mol. The number of carbonyl (C=O) groups excluding carboxylic acids is 2. The molecular formula is C33H38ClNO10. The average molecular weight is 644 g/mol. The van der Waals surface area contributed by atoms with Crippen molar-refractivity contribution in [3.8, 4) is 28.7 Å². The molecule has 11 nitrogen and oxygen atoms in total. The Balaban J connectivity index is 2.00. The summed E-state index contributed by atoms with van der Waals surface area (Å²) in [6.07, 6.45) is -2.24. The van der Waals surface area contributed by atoms with E-state index < -0.39 is 24.1 Å². The molecule has 1 heterocycles. The number of carbonyl (C=O) groups is 2. The van der Waals surface area contributed by atoms with Gasteiger partial charge in [-0.1, -0.05) is 23.7 Å². The zero-order valence-electron chi connectivity index (χ0n) is 26.0. The van der Waals surface area contributed by atoms with Crippen LogP contribution in [0.5, 0.6) is 28.7 Å². The predicted octanol–water partition coefficient (Wildman–Crippen LogP) is 5.11. The molecule has 1 aliphatic heterocycles. The van der Waals surface area contributed by atoms with Crippen molar-refractivity contribution in [2.24, 2.45) is 0 Å². The summed E-state index contributed by atoms with van der Waals surface area (Å²) in [6, 6.07) is 13.9. The molecule has 0 aliphatic carbocycles. The fourth-order valence-electron chi connectivity index (χ4n) is 5.20. The lowest BCUT2D eigenvalue weighted by Gasteiger charge is -2.28. The van der Waals surface area contributed by atoms with Gasteiger partial charge in [0.05, 0.1) is 60.3 Å². The number of fused-ring (bicyclic) bond motifs is 1. The molecule has 0 saturated carbocycles. The van der Waals surface area contributed by atoms with E-state index in [0.717, 1.165) is 0 Å². The van der Waals surface area contributed by atoms with Crippen LogP contribution in [-0.4, -0.2) is 71.3 Å². The number of rotatable bonds is 14. The van der Waals surface area contributed by atoms with Gasteiger partial charge in [-0.15, -0.1) is 0 Å². The van der Waals surface area contributed by atoms with Gasteiger partial charge in [-0.05, 0) is 31.2 Å². The third-order valence-corrected chi connectivity index (χ3v) is 7.44. The van der Waals surface area contributed by atoms with Gasteiger partial charge < -0.3 is 43.2 Å². The topological polar surface area (TPSA) is 122 Å². The second-order valence-electron chi connectivity index (χ2n) is 9.97. The van der Waals surface area contributed by atoms with Crippen molar-refractivity contribution >= 4 is 29.2 Å². The molecule has 1 aliphatic rings. The number of anilines is 1. The van der Waals surface area contributed by atoms with Crippen molar-refractivity contribution in [3.05, 3.63) is 70.2 Å². The first-order chi connectivity index (χ1) is 21.8. The highest BCUT2D eigenvalue weighted by Crippen LogP contribution is 2.49. The summed E-state index contributed by atoms with van der Waals surface area (Å²) in [7, 11) is 6.10. The fourth-order valence-corrected chi connectivity index (χ4v) is 5.41. The Hall–Kier alpha value is -4.19. The highest BCUT2D eigenvalue weighted by Gasteiger charge is 2.41. The summed E-state index contributed by atoms with van der Waals surface area (Å²) in [5, 5.41) is 9.77. The first kappa shape index (κ1) is 33.7. The zero-order chi connectivity index (χ0) is 32.5. The maximum absolute atomic E-state index is 14.5. The SMILES string of the molecule is CCOC(=O)C[C@H]1O[C@H](c2cccc(OC)c2OC)c2cc(Cl)cc(OCCCO)c2N(Cc2ccc(OC)cc2OC)C1=O. The third-order valence-electron chi connectivity index (χ3n) is 7.22. The van der Waals surface area contributed by atoms with Crippen LogP contribution in [0.3, 0.4) is 0 Å². The Morgan fingerprint density at radius 1 is 0.956 bits per heavy atom. The number of aliphatic hydroxyl groups excluding tert-OH is 1. The second kappa shape index (κ2) is 15.7. The van der Waals surface area contributed by atoms with E-state index in [4.69, 9.17) is 44.8 Å². The minimum atomic E-state index is -1.27. The maximum atomic E-state index is 14.5. The molecule has 242 valence electrons. The Labute approximate surface area is 267 Å². The number of aliphatic hydroxyl groups is 1. The summed E-state index contributed by atoms with van der Waals surface area (Å²) in [4.78, 5) is 28.9. The van der Waals surface area contributed by atoms with Gasteiger partial charge in [-0.2, -0.15) is 0 Å². The number of para-hydroxylation sites is 1. The van der Waals surface area contributed by atoms with Crippen LogP contribution in [0.15, 0.2) is 48.5 Å². The number of hydrogen-bond acceptors (Lipinski definition) is 10. The van der Waals surface area contributed by atoms with E-state index in [2.05, 4.69) is 0 Å². The minimum absolute atomic E-state index is 0.0155. The summed E-state index contributed by atoms with van der Waals surface area (Å²) in [5.41, 5.74) is 2.05. The minimum Gasteiger partial charge on any atom is -0.497 e. The molecule has 1 amide bonds. The van der Waals surface area contributed by atoms with E-state index >= 15 is 0 Å². The zero-order valence-corrected chi connectivity index (χ0v) is 26.7. The van der Waals surface area contributed by atoms with Gasteiger partial charge in [0.1, 0.15) is 29.5 Å². The normalized spacial score (nSPS) is 16.0. The van der Waals surface area contributed by atoms with Crippen LogP contribution in [0.1, 0.15) is 42.6 Å². The number of methoxy groups -OCH3 is 4. The number of ether oxygens (including phenoxy) is 7. The van der Waals surface area contributed by atoms with Crippen LogP contribution in [0.25, 0.3) is 0 Å². The molecular weight excluding hydrogens is 606 g/mol. The summed E-state index contributed by atoms with van der Waals surface area (Å²) < 4.78 is 40.2. The largest absolute Gasteiger partial charge is 0.497 e. The lowest BCUT2D eigenvalue weighted by atomic mass is 9.97. The van der Waals surface area contributed by atoms with Gasteiger partial charge in [0, 0.05) is 46.9 Å². The molecule has 0 fully saturated rings. The fraction of sp³-hybridized carbons (Fsp3) is 0.394. The van der Waals surface area contributed by atoms with E-state index in [1.165, 1.54) is 26.2 Å². The number of nitrogens with zero attached hydrogens (tertiary/aromatic N) is 1. The number of benzene rings is 3. The van der Waals surface area contributed by atoms with Crippen LogP contribution in [0, 0.1) is 0 Å². The van der Waals surface area contributed by atoms with Crippen LogP contribution in [0.4, 0.5) is 5.69 Å². The highest BCUT2D eigenvalue weighted by atomic mass is 35.5. The highest BCUT2D eigenvalue weighted by molar-refractivity contribution is 6.31. The smallest absolute Gasteiger partial charge is 0.308 e. The van der Waals surface area contributed by atoms with Crippen molar-refractivity contribution in [1.82, 2.24) is 0 Å². The van der Waals surface area contributed by atoms with Crippen LogP contribution < -0.4 is 28.6 Å². The third kappa shape index (κ3) is 7.55. The Kier molecular flexibility index (Phi) is 11.8. The molecule has 0 unspecified atom stereocenters. The summed E-state index contributed by atoms with van der Waals surface area (Å²) in [5.74, 6) is 1.06. The van der Waals surface area contributed by atoms with Crippen LogP contribution >= 0.6 is 11.6 Å². The monoisotopic (exact) mass is 643 g/mol. The van der Waals surface area contributed by atoms with E-state index in [9.17, 15) is 14.7 Å². The number of hydrogen-bond donors (Lipinski definition) is 1. The lowest BCUT2D eigenvalue weighted by molar-refractivity contribution is -0.151. The van der Waals surface area contributed by atoms with Crippen molar-refractivity contribution in [2.45, 2.75) is 38.5 Å². The van der Waals surface area contributed by atoms with Gasteiger partial charge in [0.2, 0.25) is 0 Å². The summed E-state index contributed by atoms with van der Waals surface area (Å²) in [6.45, 7) is 1.90. The van der Waals surface area contributed by atoms with E-state index in [1.54, 1.807) is 62.6 Å². The Bertz CT molecular complexity index is 1500. The Morgan fingerprint density at radius 2 is 1.73 bits per heavy atom. The second-order valence-corrected chi connectivity index (χ2v) is 10.4. The molecule has 0 spiro atoms. The van der Waals surface area contributed by atoms with Gasteiger partial charge in [-0.25, -0.2) is 0 Å². The molecule has 0 saturated heterocycles. The Morgan fingerprint density at radius 3 is 2.40 bits per heavy atom. The van der Waals surface area contributed by atoms with E-state index in [0.29, 0.717) is 62.6 Å². The molecule has 0 bridgehead atoms. The van der Waals surface area contributed by atoms with Crippen molar-refractivity contribution in [3.63, 3.8) is 0 Å². The van der Waals surface area contributed by atoms with Gasteiger partial charge in [-0.3, -0.25) is 9.59 Å². The van der Waals surface area contributed by atoms with Gasteiger partial charge in [0.25, 0.3) is 5.91 Å². The maximum Gasteiger partial charge on any atom is 0.308 e. The average Bonchev–Trinajstić information content (AvgIpc) is 3.15. The van der Waals surface area contributed by atoms with E-state index in [1.807, 2.05) is 0 Å². The molecule has 4 rings (SSSR count). The first-order valence-electron chi connectivity index (χ1n) is 14.4. The standard InChI is InChI=1S/C33H38ClNO10/c1-6-43-29(37)18-28-33(38)35(19-20-11-12-22(39-2)17-26(20)41-4)30-24(15-21(34)16-27(30)44-14-8-13-36)31(45-28)23-9-7-10-25(40-3)32(23)42-5/h7,9-12,15-17,28,31,36H,6,8,13-14,18-19H2,1-5H3/t28-,31-/m1/s1. The lowest BCUT2D eigenvalue weighted by Crippen LogP contribution is -2.40. The molecule has 1 N–H and O–H groups in total. The molecule has 12 heteroatoms. The molecule has 3 aromatic rings. The number of amides is 1. The van der Waals surface area contributed by atoms with Crippen molar-refractivity contribution < 1.29 is 47.9 Å². The number of halogens is 1. The molecule has 0 aromatic heterocycles. The molecule has 0 radical (unpaired) electrons. The molecule has 2 atom stereocenters. The van der Waals surface area contributed by atoms with Crippen molar-refractivity contribution in [2.75, 3.05) is 53.2 Å². The van der Waals surface area contributed by atoms with E-state index in [-0.39, 0.29) is 32.8 Å². The van der Waals surface area contributed by atoms with Gasteiger partial charge >= 0.3 is 5.97 Å².